The summed E-state index contributed by atoms with van der Waals surface area (Å²) in [6, 6.07) is 6.89. The van der Waals surface area contributed by atoms with Gasteiger partial charge in [0.05, 0.1) is 0 Å². The molecule has 0 atom stereocenters. The van der Waals surface area contributed by atoms with E-state index in [1.165, 1.54) is 0 Å². The minimum atomic E-state index is -1.30. The maximum absolute atomic E-state index is 10.2. The molecule has 1 aromatic heterocycles. The van der Waals surface area contributed by atoms with Crippen molar-refractivity contribution in [3.05, 3.63) is 42.6 Å². The molecule has 0 unspecified atom stereocenters. The molecule has 110 valence electrons. The fourth-order valence-electron chi connectivity index (χ4n) is 1.34. The van der Waals surface area contributed by atoms with E-state index in [9.17, 15) is 14.4 Å². The first-order chi connectivity index (χ1) is 9.88. The number of carboxylic acid groups (broad SMARTS) is 3. The first-order valence-electron chi connectivity index (χ1n) is 5.50. The van der Waals surface area contributed by atoms with E-state index < -0.39 is 18.1 Å². The van der Waals surface area contributed by atoms with Gasteiger partial charge in [-0.25, -0.2) is 14.4 Å². The lowest BCUT2D eigenvalue weighted by atomic mass is 10.2. The first kappa shape index (κ1) is 15.8. The Balaban J connectivity index is 0.000000240. The molecule has 2 aromatic rings. The monoisotopic (exact) mass is 293 g/mol. The van der Waals surface area contributed by atoms with Crippen molar-refractivity contribution in [1.29, 1.82) is 0 Å². The van der Waals surface area contributed by atoms with Gasteiger partial charge >= 0.3 is 18.1 Å². The molecule has 0 spiro atoms. The number of ether oxygens (including phenoxy) is 1. The standard InChI is InChI=1S/C9H7NO3.C4H4O4/c11-9(12)13-7-1-2-8-6(5-7)3-4-10-8;5-3(6)1-2-4(7)8/h1-5,10H,(H,11,12);1-2H,(H,5,6)(H,7,8)/b;2-1+. The first-order valence-corrected chi connectivity index (χ1v) is 5.50. The summed E-state index contributed by atoms with van der Waals surface area (Å²) in [5.74, 6) is -2.18. The summed E-state index contributed by atoms with van der Waals surface area (Å²) in [5, 5.41) is 24.9. The van der Waals surface area contributed by atoms with Gasteiger partial charge in [0.1, 0.15) is 5.75 Å². The van der Waals surface area contributed by atoms with Gasteiger partial charge in [0.25, 0.3) is 0 Å². The minimum Gasteiger partial charge on any atom is -0.478 e. The van der Waals surface area contributed by atoms with Gasteiger partial charge < -0.3 is 25.0 Å². The summed E-state index contributed by atoms with van der Waals surface area (Å²) >= 11 is 0. The second-order valence-corrected chi connectivity index (χ2v) is 3.60. The molecule has 8 nitrogen and oxygen atoms in total. The molecule has 0 saturated carbocycles. The van der Waals surface area contributed by atoms with Crippen LogP contribution in [0.4, 0.5) is 4.79 Å². The highest BCUT2D eigenvalue weighted by atomic mass is 16.7. The summed E-state index contributed by atoms with van der Waals surface area (Å²) in [6.45, 7) is 0. The van der Waals surface area contributed by atoms with Crippen LogP contribution >= 0.6 is 0 Å². The van der Waals surface area contributed by atoms with Crippen LogP contribution in [0.15, 0.2) is 42.6 Å². The lowest BCUT2D eigenvalue weighted by Crippen LogP contribution is -2.02. The van der Waals surface area contributed by atoms with Crippen molar-refractivity contribution in [2.75, 3.05) is 0 Å². The predicted octanol–water partition coefficient (Wildman–Crippen LogP) is 1.94. The summed E-state index contributed by atoms with van der Waals surface area (Å²) < 4.78 is 4.49. The number of carboxylic acids is 2. The maximum atomic E-state index is 10.2. The molecule has 1 heterocycles. The number of aromatic nitrogens is 1. The molecule has 0 amide bonds. The fraction of sp³-hybridized carbons (Fsp3) is 0. The van der Waals surface area contributed by atoms with Crippen LogP contribution in [-0.4, -0.2) is 38.4 Å². The average molecular weight is 293 g/mol. The number of H-pyrrole nitrogens is 1. The van der Waals surface area contributed by atoms with E-state index in [4.69, 9.17) is 15.3 Å². The van der Waals surface area contributed by atoms with Crippen molar-refractivity contribution >= 4 is 29.0 Å². The third-order valence-corrected chi connectivity index (χ3v) is 2.10. The van der Waals surface area contributed by atoms with Gasteiger partial charge in [-0.15, -0.1) is 0 Å². The van der Waals surface area contributed by atoms with Crippen molar-refractivity contribution in [2.24, 2.45) is 0 Å². The number of hydrogen-bond acceptors (Lipinski definition) is 4. The van der Waals surface area contributed by atoms with Crippen LogP contribution in [0.2, 0.25) is 0 Å². The van der Waals surface area contributed by atoms with Gasteiger partial charge in [-0.1, -0.05) is 0 Å². The summed E-state index contributed by atoms with van der Waals surface area (Å²) in [4.78, 5) is 32.3. The van der Waals surface area contributed by atoms with Crippen LogP contribution in [0.3, 0.4) is 0 Å². The number of aromatic amines is 1. The van der Waals surface area contributed by atoms with E-state index in [-0.39, 0.29) is 0 Å². The predicted molar refractivity (Wildman–Crippen MR) is 71.4 cm³/mol. The van der Waals surface area contributed by atoms with Crippen molar-refractivity contribution in [1.82, 2.24) is 4.98 Å². The van der Waals surface area contributed by atoms with Crippen LogP contribution in [0, 0.1) is 0 Å². The molecule has 0 aliphatic heterocycles. The second kappa shape index (κ2) is 7.34. The fourth-order valence-corrected chi connectivity index (χ4v) is 1.34. The van der Waals surface area contributed by atoms with Crippen LogP contribution in [0.5, 0.6) is 5.75 Å². The van der Waals surface area contributed by atoms with E-state index in [1.54, 1.807) is 24.4 Å². The maximum Gasteiger partial charge on any atom is 0.511 e. The largest absolute Gasteiger partial charge is 0.511 e. The number of hydrogen-bond donors (Lipinski definition) is 4. The molecule has 0 radical (unpaired) electrons. The molecule has 0 aliphatic carbocycles. The summed E-state index contributed by atoms with van der Waals surface area (Å²) in [7, 11) is 0. The zero-order valence-electron chi connectivity index (χ0n) is 10.5. The highest BCUT2D eigenvalue weighted by Crippen LogP contribution is 2.19. The van der Waals surface area contributed by atoms with Gasteiger partial charge in [0.15, 0.2) is 0 Å². The number of benzene rings is 1. The van der Waals surface area contributed by atoms with Crippen molar-refractivity contribution in [3.63, 3.8) is 0 Å². The average Bonchev–Trinajstić information content (AvgIpc) is 2.83. The Kier molecular flexibility index (Phi) is 5.51. The van der Waals surface area contributed by atoms with E-state index in [0.717, 1.165) is 10.9 Å². The quantitative estimate of drug-likeness (QED) is 0.385. The molecule has 4 N–H and O–H groups in total. The van der Waals surface area contributed by atoms with Crippen LogP contribution in [0.25, 0.3) is 10.9 Å². The Hall–Kier alpha value is -3.29. The lowest BCUT2D eigenvalue weighted by Gasteiger charge is -1.98. The Labute approximate surface area is 117 Å². The lowest BCUT2D eigenvalue weighted by molar-refractivity contribution is -0.134. The number of rotatable bonds is 3. The molecular weight excluding hydrogens is 282 g/mol. The second-order valence-electron chi connectivity index (χ2n) is 3.60. The van der Waals surface area contributed by atoms with Gasteiger partial charge in [-0.05, 0) is 24.3 Å². The molecule has 8 heteroatoms. The topological polar surface area (TPSA) is 137 Å². The van der Waals surface area contributed by atoms with Gasteiger partial charge in [0, 0.05) is 29.3 Å². The molecule has 21 heavy (non-hydrogen) atoms. The van der Waals surface area contributed by atoms with E-state index >= 15 is 0 Å². The zero-order chi connectivity index (χ0) is 15.8. The highest BCUT2D eigenvalue weighted by Gasteiger charge is 2.01. The SMILES string of the molecule is O=C(O)/C=C/C(=O)O.O=C(O)Oc1ccc2[nH]ccc2c1. The Morgan fingerprint density at radius 3 is 2.14 bits per heavy atom. The third-order valence-electron chi connectivity index (χ3n) is 2.10. The minimum absolute atomic E-state index is 0.333. The number of nitrogens with one attached hydrogen (secondary N) is 1. The van der Waals surface area contributed by atoms with Gasteiger partial charge in [-0.2, -0.15) is 0 Å². The van der Waals surface area contributed by atoms with Crippen LogP contribution in [-0.2, 0) is 9.59 Å². The van der Waals surface area contributed by atoms with E-state index in [0.29, 0.717) is 17.9 Å². The molecular formula is C13H11NO7. The van der Waals surface area contributed by atoms with Crippen molar-refractivity contribution < 1.29 is 34.4 Å². The molecule has 1 aromatic carbocycles. The third kappa shape index (κ3) is 5.92. The Morgan fingerprint density at radius 1 is 1.00 bits per heavy atom. The number of aliphatic carboxylic acids is 2. The summed E-state index contributed by atoms with van der Waals surface area (Å²) in [5.41, 5.74) is 0.956. The number of fused-ring (bicyclic) bond motifs is 1. The molecule has 2 rings (SSSR count). The summed E-state index contributed by atoms with van der Waals surface area (Å²) in [6.07, 6.45) is 1.61. The van der Waals surface area contributed by atoms with E-state index in [1.807, 2.05) is 6.07 Å². The Morgan fingerprint density at radius 2 is 1.62 bits per heavy atom. The molecule has 0 saturated heterocycles. The van der Waals surface area contributed by atoms with Gasteiger partial charge in [0.2, 0.25) is 0 Å². The van der Waals surface area contributed by atoms with Gasteiger partial charge in [-0.3, -0.25) is 0 Å². The highest BCUT2D eigenvalue weighted by molar-refractivity contribution is 5.89. The molecule has 0 bridgehead atoms. The van der Waals surface area contributed by atoms with Crippen LogP contribution in [0.1, 0.15) is 0 Å². The van der Waals surface area contributed by atoms with E-state index in [2.05, 4.69) is 9.72 Å². The molecule has 0 fully saturated rings. The zero-order valence-corrected chi connectivity index (χ0v) is 10.5. The van der Waals surface area contributed by atoms with Crippen molar-refractivity contribution in [2.45, 2.75) is 0 Å². The Bertz CT molecular complexity index is 671. The molecule has 0 aliphatic rings. The van der Waals surface area contributed by atoms with Crippen LogP contribution < -0.4 is 4.74 Å². The number of carbonyl (C=O) groups is 3. The normalized spacial score (nSPS) is 9.90. The smallest absolute Gasteiger partial charge is 0.478 e. The van der Waals surface area contributed by atoms with Crippen molar-refractivity contribution in [3.8, 4) is 5.75 Å².